The molecule has 0 radical (unpaired) electrons. The number of phosphoric ester groups is 1. The molecule has 12 heteroatoms. The van der Waals surface area contributed by atoms with Gasteiger partial charge < -0.3 is 24.2 Å². The van der Waals surface area contributed by atoms with Gasteiger partial charge in [0, 0.05) is 19.3 Å². The molecule has 0 saturated carbocycles. The number of carbonyl (C=O) groups is 3. The number of rotatable bonds is 56. The summed E-state index contributed by atoms with van der Waals surface area (Å²) in [5.41, 5.74) is 0. The van der Waals surface area contributed by atoms with Gasteiger partial charge in [-0.15, -0.1) is 0 Å². The van der Waals surface area contributed by atoms with Crippen molar-refractivity contribution in [3.05, 3.63) is 85.1 Å². The highest BCUT2D eigenvalue weighted by Gasteiger charge is 2.28. The van der Waals surface area contributed by atoms with E-state index in [1.54, 1.807) is 0 Å². The third-order valence-electron chi connectivity index (χ3n) is 12.8. The molecule has 0 aliphatic carbocycles. The molecule has 0 bridgehead atoms. The second kappa shape index (κ2) is 57.8. The van der Waals surface area contributed by atoms with E-state index in [-0.39, 0.29) is 25.9 Å². The first-order chi connectivity index (χ1) is 37.2. The maximum Gasteiger partial charge on any atom is 0.472 e. The summed E-state index contributed by atoms with van der Waals surface area (Å²) in [6.45, 7) is 4.47. The number of unbranched alkanes of at least 4 members (excludes halogenated alkanes) is 25. The first-order valence-electron chi connectivity index (χ1n) is 30.5. The van der Waals surface area contributed by atoms with Gasteiger partial charge in [0.05, 0.1) is 19.8 Å². The molecule has 0 spiro atoms. The Morgan fingerprint density at radius 3 is 1.11 bits per heavy atom. The quantitative estimate of drug-likeness (QED) is 0.0197. The maximum atomic E-state index is 12.9. The molecule has 0 aromatic carbocycles. The highest BCUT2D eigenvalue weighted by atomic mass is 31.2. The minimum atomic E-state index is -4.77. The Morgan fingerprint density at radius 1 is 0.382 bits per heavy atom. The average molecular weight is 1090 g/mol. The van der Waals surface area contributed by atoms with Gasteiger partial charge in [-0.05, 0) is 96.3 Å². The van der Waals surface area contributed by atoms with E-state index in [0.717, 1.165) is 109 Å². The zero-order chi connectivity index (χ0) is 55.5. The van der Waals surface area contributed by atoms with Gasteiger partial charge in [-0.2, -0.15) is 0 Å². The summed E-state index contributed by atoms with van der Waals surface area (Å²) >= 11 is 0. The fourth-order valence-electron chi connectivity index (χ4n) is 8.18. The SMILES string of the molecule is CC/C=C\C/C=C\C/C=C\C/C=C\CCCCC(=O)OC(CO)COP(=O)(O)OCC(COC(=O)CCCCCCCCCCCCCCCCC)OC(=O)CCCCCCCC/C=C\C/C=C\C/C=C\CCCCC. The predicted octanol–water partition coefficient (Wildman–Crippen LogP) is 18.3. The van der Waals surface area contributed by atoms with E-state index < -0.39 is 57.8 Å². The van der Waals surface area contributed by atoms with Crippen molar-refractivity contribution in [1.82, 2.24) is 0 Å². The van der Waals surface area contributed by atoms with E-state index in [4.69, 9.17) is 23.3 Å². The number of aliphatic hydroxyl groups excluding tert-OH is 1. The molecule has 3 atom stereocenters. The van der Waals surface area contributed by atoms with Gasteiger partial charge in [0.1, 0.15) is 12.7 Å². The van der Waals surface area contributed by atoms with Gasteiger partial charge in [-0.3, -0.25) is 23.4 Å². The van der Waals surface area contributed by atoms with Gasteiger partial charge in [-0.1, -0.05) is 234 Å². The molecular formula is C64H111O11P. The van der Waals surface area contributed by atoms with Crippen molar-refractivity contribution in [2.45, 2.75) is 277 Å². The largest absolute Gasteiger partial charge is 0.472 e. The Morgan fingerprint density at radius 2 is 0.684 bits per heavy atom. The molecule has 76 heavy (non-hydrogen) atoms. The molecule has 0 aromatic heterocycles. The molecule has 0 aliphatic heterocycles. The van der Waals surface area contributed by atoms with Crippen LogP contribution in [0.5, 0.6) is 0 Å². The smallest absolute Gasteiger partial charge is 0.462 e. The number of hydrogen-bond donors (Lipinski definition) is 2. The van der Waals surface area contributed by atoms with E-state index in [2.05, 4.69) is 106 Å². The van der Waals surface area contributed by atoms with Gasteiger partial charge in [0.25, 0.3) is 0 Å². The molecule has 0 saturated heterocycles. The number of allylic oxidation sites excluding steroid dienone is 14. The van der Waals surface area contributed by atoms with Crippen LogP contribution in [0.25, 0.3) is 0 Å². The molecule has 0 aromatic rings. The molecule has 438 valence electrons. The molecule has 0 heterocycles. The number of esters is 3. The summed E-state index contributed by atoms with van der Waals surface area (Å²) in [7, 11) is -4.77. The van der Waals surface area contributed by atoms with Crippen LogP contribution in [0, 0.1) is 0 Å². The second-order valence-electron chi connectivity index (χ2n) is 20.1. The number of phosphoric acid groups is 1. The summed E-state index contributed by atoms with van der Waals surface area (Å²) in [5.74, 6) is -1.52. The first-order valence-corrected chi connectivity index (χ1v) is 32.0. The molecular weight excluding hydrogens is 976 g/mol. The van der Waals surface area contributed by atoms with Crippen molar-refractivity contribution in [2.24, 2.45) is 0 Å². The Hall–Kier alpha value is -3.34. The van der Waals surface area contributed by atoms with Crippen molar-refractivity contribution < 1.29 is 52.2 Å². The van der Waals surface area contributed by atoms with Crippen LogP contribution >= 0.6 is 7.82 Å². The van der Waals surface area contributed by atoms with Crippen molar-refractivity contribution in [3.63, 3.8) is 0 Å². The molecule has 3 unspecified atom stereocenters. The Kier molecular flexibility index (Phi) is 55.3. The molecule has 11 nitrogen and oxygen atoms in total. The van der Waals surface area contributed by atoms with E-state index in [1.165, 1.54) is 96.3 Å². The standard InChI is InChI=1S/C64H111O11P/c1-4-7-10-13-16-19-22-25-28-29-30-31-34-37-40-43-46-49-52-55-64(68)75-61(57-71-62(66)53-50-47-44-41-38-35-32-26-23-20-17-14-11-8-5-2)59-73-76(69,70)72-58-60(56-65)74-63(67)54-51-48-45-42-39-36-33-27-24-21-18-15-12-9-6-3/h9,12,16,18-19,21,25,27-28,30-31,33,39,42,60-61,65H,4-8,10-11,13-15,17,20,22-24,26,29,32,34-38,40-41,43-59H2,1-3H3,(H,69,70)/b12-9-,19-16-,21-18-,28-25-,31-30-,33-27-,42-39-. The molecule has 2 N–H and O–H groups in total. The van der Waals surface area contributed by atoms with Gasteiger partial charge in [0.2, 0.25) is 0 Å². The fourth-order valence-corrected chi connectivity index (χ4v) is 8.96. The maximum absolute atomic E-state index is 12.9. The van der Waals surface area contributed by atoms with Crippen LogP contribution in [0.4, 0.5) is 0 Å². The van der Waals surface area contributed by atoms with E-state index >= 15 is 0 Å². The van der Waals surface area contributed by atoms with Crippen molar-refractivity contribution >= 4 is 25.7 Å². The first kappa shape index (κ1) is 72.7. The zero-order valence-electron chi connectivity index (χ0n) is 48.5. The predicted molar refractivity (Wildman–Crippen MR) is 316 cm³/mol. The summed E-state index contributed by atoms with van der Waals surface area (Å²) in [5, 5.41) is 9.82. The number of carbonyl (C=O) groups excluding carboxylic acids is 3. The van der Waals surface area contributed by atoms with E-state index in [9.17, 15) is 28.9 Å². The Bertz CT molecular complexity index is 1600. The van der Waals surface area contributed by atoms with Crippen LogP contribution in [0.3, 0.4) is 0 Å². The molecule has 0 rings (SSSR count). The van der Waals surface area contributed by atoms with Crippen LogP contribution in [-0.4, -0.2) is 66.5 Å². The molecule has 0 amide bonds. The lowest BCUT2D eigenvalue weighted by molar-refractivity contribution is -0.161. The minimum absolute atomic E-state index is 0.122. The van der Waals surface area contributed by atoms with E-state index in [1.807, 2.05) is 0 Å². The molecule has 0 fully saturated rings. The summed E-state index contributed by atoms with van der Waals surface area (Å²) < 4.78 is 39.6. The third kappa shape index (κ3) is 55.4. The lowest BCUT2D eigenvalue weighted by Crippen LogP contribution is -2.30. The Labute approximate surface area is 464 Å². The lowest BCUT2D eigenvalue weighted by Gasteiger charge is -2.21. The number of ether oxygens (including phenoxy) is 3. The highest BCUT2D eigenvalue weighted by molar-refractivity contribution is 7.47. The number of aliphatic hydroxyl groups is 1. The lowest BCUT2D eigenvalue weighted by atomic mass is 10.0. The summed E-state index contributed by atoms with van der Waals surface area (Å²) in [6, 6.07) is 0. The summed E-state index contributed by atoms with van der Waals surface area (Å²) in [6.07, 6.45) is 66.8. The van der Waals surface area contributed by atoms with Gasteiger partial charge in [0.15, 0.2) is 6.10 Å². The molecule has 0 aliphatic rings. The fraction of sp³-hybridized carbons (Fsp3) is 0.734. The normalized spacial score (nSPS) is 13.9. The third-order valence-corrected chi connectivity index (χ3v) is 13.8. The zero-order valence-corrected chi connectivity index (χ0v) is 49.3. The van der Waals surface area contributed by atoms with Crippen molar-refractivity contribution in [3.8, 4) is 0 Å². The minimum Gasteiger partial charge on any atom is -0.462 e. The average Bonchev–Trinajstić information content (AvgIpc) is 3.41. The van der Waals surface area contributed by atoms with Crippen LogP contribution < -0.4 is 0 Å². The van der Waals surface area contributed by atoms with Crippen molar-refractivity contribution in [1.29, 1.82) is 0 Å². The van der Waals surface area contributed by atoms with Crippen LogP contribution in [0.15, 0.2) is 85.1 Å². The highest BCUT2D eigenvalue weighted by Crippen LogP contribution is 2.43. The summed E-state index contributed by atoms with van der Waals surface area (Å²) in [4.78, 5) is 48.6. The van der Waals surface area contributed by atoms with Gasteiger partial charge >= 0.3 is 25.7 Å². The Balaban J connectivity index is 4.77. The topological polar surface area (TPSA) is 155 Å². The van der Waals surface area contributed by atoms with Crippen LogP contribution in [0.2, 0.25) is 0 Å². The second-order valence-corrected chi connectivity index (χ2v) is 21.6. The monoisotopic (exact) mass is 1090 g/mol. The van der Waals surface area contributed by atoms with Crippen LogP contribution in [-0.2, 0) is 42.2 Å². The number of hydrogen-bond acceptors (Lipinski definition) is 10. The van der Waals surface area contributed by atoms with Crippen molar-refractivity contribution in [2.75, 3.05) is 26.4 Å². The van der Waals surface area contributed by atoms with Gasteiger partial charge in [-0.25, -0.2) is 4.57 Å². The van der Waals surface area contributed by atoms with E-state index in [0.29, 0.717) is 19.3 Å². The van der Waals surface area contributed by atoms with Crippen LogP contribution in [0.1, 0.15) is 265 Å².